The maximum Gasteiger partial charge on any atom is 0.573 e. The molecule has 0 N–H and O–H groups in total. The molecular formula is C16H10F3NO3S2. The first-order valence-electron chi connectivity index (χ1n) is 6.91. The van der Waals surface area contributed by atoms with Crippen molar-refractivity contribution < 1.29 is 27.1 Å². The van der Waals surface area contributed by atoms with Crippen LogP contribution in [0.1, 0.15) is 5.76 Å². The van der Waals surface area contributed by atoms with Crippen LogP contribution in [-0.2, 0) is 4.79 Å². The van der Waals surface area contributed by atoms with Gasteiger partial charge in [-0.25, -0.2) is 0 Å². The number of benzene rings is 1. The summed E-state index contributed by atoms with van der Waals surface area (Å²) in [5, 5.41) is 0. The maximum absolute atomic E-state index is 12.5. The van der Waals surface area contributed by atoms with E-state index in [9.17, 15) is 18.0 Å². The van der Waals surface area contributed by atoms with Crippen molar-refractivity contribution in [2.24, 2.45) is 0 Å². The highest BCUT2D eigenvalue weighted by Gasteiger charge is 2.32. The Morgan fingerprint density at radius 2 is 1.96 bits per heavy atom. The number of carbonyl (C=O) groups is 1. The van der Waals surface area contributed by atoms with Crippen molar-refractivity contribution in [2.45, 2.75) is 6.36 Å². The number of likely N-dealkylation sites (N-methyl/N-ethyl adjacent to an activating group) is 1. The second kappa shape index (κ2) is 6.57. The van der Waals surface area contributed by atoms with E-state index in [0.29, 0.717) is 15.0 Å². The smallest absolute Gasteiger partial charge is 0.457 e. The molecule has 1 aromatic heterocycles. The van der Waals surface area contributed by atoms with Gasteiger partial charge in [0.1, 0.15) is 21.6 Å². The average molecular weight is 385 g/mol. The summed E-state index contributed by atoms with van der Waals surface area (Å²) >= 11 is 6.16. The third-order valence-corrected chi connectivity index (χ3v) is 4.75. The molecule has 0 radical (unpaired) electrons. The average Bonchev–Trinajstić information content (AvgIpc) is 3.08. The molecule has 1 aromatic carbocycles. The third kappa shape index (κ3) is 3.88. The van der Waals surface area contributed by atoms with Crippen molar-refractivity contribution in [3.63, 3.8) is 0 Å². The summed E-state index contributed by atoms with van der Waals surface area (Å²) in [5.74, 6) is -0.103. The lowest BCUT2D eigenvalue weighted by molar-refractivity contribution is -0.274. The molecule has 4 nitrogen and oxygen atoms in total. The van der Waals surface area contributed by atoms with Gasteiger partial charge in [0.25, 0.3) is 5.91 Å². The van der Waals surface area contributed by atoms with Crippen LogP contribution in [0.2, 0.25) is 0 Å². The summed E-state index contributed by atoms with van der Waals surface area (Å²) in [6.45, 7) is 0. The molecule has 1 fully saturated rings. The number of alkyl halides is 3. The van der Waals surface area contributed by atoms with Crippen LogP contribution in [-0.4, -0.2) is 28.5 Å². The summed E-state index contributed by atoms with van der Waals surface area (Å²) in [7, 11) is 1.57. The number of thioether (sulfide) groups is 1. The summed E-state index contributed by atoms with van der Waals surface area (Å²) in [6.07, 6.45) is -3.31. The van der Waals surface area contributed by atoms with Crippen molar-refractivity contribution in [2.75, 3.05) is 7.05 Å². The fourth-order valence-corrected chi connectivity index (χ4v) is 3.29. The van der Waals surface area contributed by atoms with Gasteiger partial charge in [0.05, 0.1) is 10.5 Å². The molecule has 130 valence electrons. The van der Waals surface area contributed by atoms with E-state index in [0.717, 1.165) is 11.8 Å². The maximum atomic E-state index is 12.5. The Hall–Kier alpha value is -2.26. The molecule has 0 spiro atoms. The number of thiocarbonyl (C=S) groups is 1. The Morgan fingerprint density at radius 1 is 1.24 bits per heavy atom. The first-order chi connectivity index (χ1) is 11.7. The lowest BCUT2D eigenvalue weighted by atomic mass is 10.1. The zero-order valence-electron chi connectivity index (χ0n) is 12.7. The third-order valence-electron chi connectivity index (χ3n) is 3.26. The Bertz CT molecular complexity index is 874. The zero-order valence-corrected chi connectivity index (χ0v) is 14.3. The van der Waals surface area contributed by atoms with E-state index in [1.165, 1.54) is 35.2 Å². The minimum absolute atomic E-state index is 0.155. The largest absolute Gasteiger partial charge is 0.573 e. The molecule has 1 saturated heterocycles. The predicted molar refractivity (Wildman–Crippen MR) is 91.8 cm³/mol. The number of hydrogen-bond donors (Lipinski definition) is 0. The minimum atomic E-state index is -4.80. The highest BCUT2D eigenvalue weighted by atomic mass is 32.2. The number of hydrogen-bond acceptors (Lipinski definition) is 5. The van der Waals surface area contributed by atoms with Crippen LogP contribution in [0.15, 0.2) is 45.7 Å². The van der Waals surface area contributed by atoms with Gasteiger partial charge in [0.2, 0.25) is 0 Å². The van der Waals surface area contributed by atoms with Gasteiger partial charge in [0, 0.05) is 13.1 Å². The lowest BCUT2D eigenvalue weighted by Gasteiger charge is -2.11. The van der Waals surface area contributed by atoms with Gasteiger partial charge in [-0.3, -0.25) is 9.69 Å². The zero-order chi connectivity index (χ0) is 18.2. The molecule has 2 aromatic rings. The Kier molecular flexibility index (Phi) is 4.61. The van der Waals surface area contributed by atoms with E-state index >= 15 is 0 Å². The van der Waals surface area contributed by atoms with Gasteiger partial charge in [-0.2, -0.15) is 0 Å². The monoisotopic (exact) mass is 385 g/mol. The topological polar surface area (TPSA) is 42.7 Å². The van der Waals surface area contributed by atoms with Crippen molar-refractivity contribution in [1.82, 2.24) is 4.90 Å². The number of nitrogens with zero attached hydrogens (tertiary/aromatic N) is 1. The van der Waals surface area contributed by atoms with Gasteiger partial charge in [-0.05, 0) is 24.3 Å². The molecule has 9 heteroatoms. The van der Waals surface area contributed by atoms with Crippen LogP contribution in [0.25, 0.3) is 17.4 Å². The Balaban J connectivity index is 1.91. The summed E-state index contributed by atoms with van der Waals surface area (Å²) in [5.41, 5.74) is 0.155. The van der Waals surface area contributed by atoms with Crippen LogP contribution in [0, 0.1) is 0 Å². The number of halogens is 3. The highest BCUT2D eigenvalue weighted by molar-refractivity contribution is 8.26. The lowest BCUT2D eigenvalue weighted by Crippen LogP contribution is -2.22. The molecule has 0 saturated carbocycles. The second-order valence-electron chi connectivity index (χ2n) is 4.99. The van der Waals surface area contributed by atoms with Crippen LogP contribution < -0.4 is 4.74 Å². The van der Waals surface area contributed by atoms with E-state index in [1.807, 2.05) is 0 Å². The fraction of sp³-hybridized carbons (Fsp3) is 0.125. The number of para-hydroxylation sites is 1. The fourth-order valence-electron chi connectivity index (χ4n) is 2.13. The van der Waals surface area contributed by atoms with Gasteiger partial charge in [-0.1, -0.05) is 36.1 Å². The van der Waals surface area contributed by atoms with Gasteiger partial charge in [0.15, 0.2) is 0 Å². The van der Waals surface area contributed by atoms with E-state index in [1.54, 1.807) is 19.2 Å². The summed E-state index contributed by atoms with van der Waals surface area (Å²) in [6, 6.07) is 8.73. The molecule has 0 bridgehead atoms. The predicted octanol–water partition coefficient (Wildman–Crippen LogP) is 4.68. The van der Waals surface area contributed by atoms with Crippen LogP contribution >= 0.6 is 24.0 Å². The van der Waals surface area contributed by atoms with Gasteiger partial charge >= 0.3 is 6.36 Å². The number of amides is 1. The molecule has 2 heterocycles. The molecular weight excluding hydrogens is 375 g/mol. The summed E-state index contributed by atoms with van der Waals surface area (Å²) in [4.78, 5) is 13.7. The standard InChI is InChI=1S/C16H10F3NO3S2/c1-20-14(21)13(25-15(20)24)8-9-6-7-11(22-9)10-4-2-3-5-12(10)23-16(17,18)19/h2-8H,1H3. The van der Waals surface area contributed by atoms with E-state index in [2.05, 4.69) is 4.74 Å². The van der Waals surface area contributed by atoms with E-state index in [-0.39, 0.29) is 23.0 Å². The van der Waals surface area contributed by atoms with Crippen LogP contribution in [0.4, 0.5) is 13.2 Å². The second-order valence-corrected chi connectivity index (χ2v) is 6.66. The SMILES string of the molecule is CN1C(=O)C(=Cc2ccc(-c3ccccc3OC(F)(F)F)o2)SC1=S. The minimum Gasteiger partial charge on any atom is -0.457 e. The normalized spacial score (nSPS) is 16.8. The summed E-state index contributed by atoms with van der Waals surface area (Å²) < 4.78 is 47.5. The first-order valence-corrected chi connectivity index (χ1v) is 8.13. The van der Waals surface area contributed by atoms with Crippen molar-refractivity contribution in [3.05, 3.63) is 47.1 Å². The molecule has 0 aliphatic carbocycles. The number of carbonyl (C=O) groups excluding carboxylic acids is 1. The molecule has 0 atom stereocenters. The quantitative estimate of drug-likeness (QED) is 0.567. The molecule has 25 heavy (non-hydrogen) atoms. The number of ether oxygens (including phenoxy) is 1. The first kappa shape index (κ1) is 17.6. The van der Waals surface area contributed by atoms with Crippen molar-refractivity contribution >= 4 is 40.3 Å². The number of furan rings is 1. The molecule has 1 aliphatic rings. The van der Waals surface area contributed by atoms with Crippen LogP contribution in [0.3, 0.4) is 0 Å². The van der Waals surface area contributed by atoms with Gasteiger partial charge in [-0.15, -0.1) is 13.2 Å². The van der Waals surface area contributed by atoms with E-state index in [4.69, 9.17) is 16.6 Å². The molecule has 1 aliphatic heterocycles. The van der Waals surface area contributed by atoms with E-state index < -0.39 is 6.36 Å². The highest BCUT2D eigenvalue weighted by Crippen LogP contribution is 2.36. The van der Waals surface area contributed by atoms with Crippen molar-refractivity contribution in [1.29, 1.82) is 0 Å². The molecule has 0 unspecified atom stereocenters. The number of rotatable bonds is 3. The Labute approximate surface area is 150 Å². The van der Waals surface area contributed by atoms with Crippen LogP contribution in [0.5, 0.6) is 5.75 Å². The Morgan fingerprint density at radius 3 is 2.60 bits per heavy atom. The molecule has 1 amide bonds. The van der Waals surface area contributed by atoms with Gasteiger partial charge < -0.3 is 9.15 Å². The molecule has 3 rings (SSSR count). The van der Waals surface area contributed by atoms with Crippen molar-refractivity contribution in [3.8, 4) is 17.1 Å².